The van der Waals surface area contributed by atoms with Crippen molar-refractivity contribution in [2.45, 2.75) is 25.7 Å². The number of fused-ring (bicyclic) bond motifs is 6. The first-order valence-corrected chi connectivity index (χ1v) is 25.3. The van der Waals surface area contributed by atoms with Crippen LogP contribution in [-0.2, 0) is 0 Å². The van der Waals surface area contributed by atoms with Crippen molar-refractivity contribution in [2.75, 3.05) is 0 Å². The van der Waals surface area contributed by atoms with Crippen LogP contribution in [0, 0.1) is 0 Å². The molecule has 0 saturated heterocycles. The topological polar surface area (TPSA) is 87.2 Å². The van der Waals surface area contributed by atoms with Crippen LogP contribution in [-0.4, -0.2) is 39.0 Å². The third-order valence-corrected chi connectivity index (χ3v) is 14.3. The van der Waals surface area contributed by atoms with Gasteiger partial charge in [0.05, 0.1) is 22.1 Å². The lowest BCUT2D eigenvalue weighted by atomic mass is 10.0. The first-order chi connectivity index (χ1) is 36.7. The van der Waals surface area contributed by atoms with Crippen molar-refractivity contribution in [2.24, 2.45) is 0 Å². The molecule has 8 aromatic carbocycles. The molecule has 0 fully saturated rings. The molecule has 0 atom stereocenters. The molecule has 2 aliphatic carbocycles. The third-order valence-electron chi connectivity index (χ3n) is 14.3. The fraction of sp³-hybridized carbons (Fsp3) is 0.0606. The van der Waals surface area contributed by atoms with Crippen molar-refractivity contribution in [1.29, 1.82) is 0 Å². The Hall–Kier alpha value is -9.66. The van der Waals surface area contributed by atoms with E-state index in [0.29, 0.717) is 34.9 Å². The Kier molecular flexibility index (Phi) is 10.6. The first kappa shape index (κ1) is 43.2. The van der Waals surface area contributed by atoms with Gasteiger partial charge in [0.15, 0.2) is 34.9 Å². The van der Waals surface area contributed by atoms with Gasteiger partial charge >= 0.3 is 0 Å². The van der Waals surface area contributed by atoms with Crippen molar-refractivity contribution >= 4 is 54.8 Å². The quantitative estimate of drug-likeness (QED) is 0.143. The summed E-state index contributed by atoms with van der Waals surface area (Å²) >= 11 is 0. The molecule has 0 spiro atoms. The molecule has 0 bridgehead atoms. The summed E-state index contributed by atoms with van der Waals surface area (Å²) in [6.45, 7) is 0. The molecule has 0 unspecified atom stereocenters. The van der Waals surface area contributed by atoms with Crippen LogP contribution in [0.25, 0.3) is 123 Å². The minimum Gasteiger partial charge on any atom is -0.309 e. The molecule has 0 aliphatic heterocycles. The average molecular weight is 951 g/mol. The fourth-order valence-corrected chi connectivity index (χ4v) is 10.6. The number of aromatic nitrogens is 8. The Bertz CT molecular complexity index is 4000. The molecule has 4 aromatic heterocycles. The van der Waals surface area contributed by atoms with Gasteiger partial charge in [0, 0.05) is 66.3 Å². The molecule has 2 aliphatic rings. The fourth-order valence-electron chi connectivity index (χ4n) is 10.6. The maximum atomic E-state index is 5.02. The van der Waals surface area contributed by atoms with Gasteiger partial charge in [-0.1, -0.05) is 146 Å². The summed E-state index contributed by atoms with van der Waals surface area (Å²) < 4.78 is 4.72. The lowest BCUT2D eigenvalue weighted by molar-refractivity contribution is 1.01. The van der Waals surface area contributed by atoms with E-state index in [9.17, 15) is 0 Å². The van der Waals surface area contributed by atoms with Crippen molar-refractivity contribution in [3.8, 4) is 68.1 Å². The summed E-state index contributed by atoms with van der Waals surface area (Å²) in [6, 6.07) is 68.7. The number of nitrogens with zero attached hydrogens (tertiary/aromatic N) is 8. The van der Waals surface area contributed by atoms with Gasteiger partial charge in [0.1, 0.15) is 0 Å². The molecule has 4 heterocycles. The van der Waals surface area contributed by atoms with Gasteiger partial charge in [-0.05, 0) is 122 Å². The smallest absolute Gasteiger partial charge is 0.164 e. The molecule has 0 amide bonds. The molecule has 14 rings (SSSR count). The number of hydrogen-bond donors (Lipinski definition) is 0. The molecule has 0 radical (unpaired) electrons. The summed E-state index contributed by atoms with van der Waals surface area (Å²) in [7, 11) is 0. The number of rotatable bonds is 9. The summed E-state index contributed by atoms with van der Waals surface area (Å²) in [4.78, 5) is 29.9. The van der Waals surface area contributed by atoms with E-state index in [4.69, 9.17) is 29.9 Å². The summed E-state index contributed by atoms with van der Waals surface area (Å²) in [6.07, 6.45) is 17.1. The van der Waals surface area contributed by atoms with E-state index in [2.05, 4.69) is 179 Å². The van der Waals surface area contributed by atoms with Gasteiger partial charge in [-0.3, -0.25) is 0 Å². The predicted octanol–water partition coefficient (Wildman–Crippen LogP) is 16.1. The third kappa shape index (κ3) is 7.72. The van der Waals surface area contributed by atoms with Crippen LogP contribution in [0.1, 0.15) is 37.3 Å². The number of allylic oxidation sites excluding steroid dienone is 8. The summed E-state index contributed by atoms with van der Waals surface area (Å²) in [5.41, 5.74) is 14.9. The lowest BCUT2D eigenvalue weighted by Crippen LogP contribution is -2.03. The van der Waals surface area contributed by atoms with Gasteiger partial charge < -0.3 is 9.13 Å². The van der Waals surface area contributed by atoms with Gasteiger partial charge in [-0.25, -0.2) is 29.9 Å². The van der Waals surface area contributed by atoms with Gasteiger partial charge in [-0.15, -0.1) is 0 Å². The van der Waals surface area contributed by atoms with Gasteiger partial charge in [0.25, 0.3) is 0 Å². The molecule has 74 heavy (non-hydrogen) atoms. The predicted molar refractivity (Wildman–Crippen MR) is 302 cm³/mol. The van der Waals surface area contributed by atoms with Crippen LogP contribution in [0.5, 0.6) is 0 Å². The van der Waals surface area contributed by atoms with Crippen LogP contribution < -0.4 is 0 Å². The van der Waals surface area contributed by atoms with Crippen molar-refractivity contribution in [1.82, 2.24) is 39.0 Å². The number of hydrogen-bond acceptors (Lipinski definition) is 6. The minimum atomic E-state index is 0.651. The molecule has 12 aromatic rings. The lowest BCUT2D eigenvalue weighted by Gasteiger charge is -2.12. The Morgan fingerprint density at radius 2 is 0.608 bits per heavy atom. The zero-order valence-corrected chi connectivity index (χ0v) is 40.3. The van der Waals surface area contributed by atoms with E-state index in [-0.39, 0.29) is 0 Å². The largest absolute Gasteiger partial charge is 0.309 e. The Morgan fingerprint density at radius 1 is 0.270 bits per heavy atom. The van der Waals surface area contributed by atoms with E-state index >= 15 is 0 Å². The number of benzene rings is 8. The highest BCUT2D eigenvalue weighted by atomic mass is 15.0. The molecule has 8 nitrogen and oxygen atoms in total. The zero-order chi connectivity index (χ0) is 49.0. The van der Waals surface area contributed by atoms with Gasteiger partial charge in [0.2, 0.25) is 0 Å². The van der Waals surface area contributed by atoms with Crippen LogP contribution in [0.4, 0.5) is 0 Å². The minimum absolute atomic E-state index is 0.651. The maximum Gasteiger partial charge on any atom is 0.164 e. The Labute approximate surface area is 427 Å². The monoisotopic (exact) mass is 950 g/mol. The van der Waals surface area contributed by atoms with Crippen molar-refractivity contribution in [3.05, 3.63) is 242 Å². The molecule has 0 N–H and O–H groups in total. The second-order valence-electron chi connectivity index (χ2n) is 18.9. The highest BCUT2D eigenvalue weighted by molar-refractivity contribution is 6.12. The molecular formula is C66H46N8. The van der Waals surface area contributed by atoms with Crippen LogP contribution >= 0.6 is 0 Å². The number of para-hydroxylation sites is 2. The van der Waals surface area contributed by atoms with E-state index < -0.39 is 0 Å². The SMILES string of the molecule is C1=CC(c2nc(-c3ccccc3)nc(-c3ccc(-n4c5ccccc5c5cc(-c6ccc7c(c6)c6ccccc6n7-c6ccc(-c7nc(C8=CCCC=C8)nc(-c8ccccc8)n7)cc6)ccc54)cc3)n2)=CCC1. The standard InChI is InChI=1S/C66H46N8/c1-5-17-43(18-6-1)61-67-62(44-19-7-2-8-20-44)70-65(69-61)47-29-35-51(36-30-47)73-57-27-15-13-25-53(57)55-41-49(33-39-59(55)73)50-34-40-60-56(42-50)54-26-14-16-28-58(54)74(60)52-37-31-48(32-38-52)66-71-63(45-21-9-3-10-22-45)68-64(72-66)46-23-11-4-12-24-46/h1,3,5-7,9-11,13-42H,2,4,8,12H2. The Morgan fingerprint density at radius 3 is 1.00 bits per heavy atom. The van der Waals surface area contributed by atoms with Crippen LogP contribution in [0.3, 0.4) is 0 Å². The molecule has 350 valence electrons. The van der Waals surface area contributed by atoms with Crippen molar-refractivity contribution < 1.29 is 0 Å². The Balaban J connectivity index is 0.811. The normalized spacial score (nSPS) is 13.5. The van der Waals surface area contributed by atoms with Crippen LogP contribution in [0.15, 0.2) is 231 Å². The van der Waals surface area contributed by atoms with E-state index in [1.807, 2.05) is 60.7 Å². The molecule has 8 heteroatoms. The maximum absolute atomic E-state index is 5.02. The van der Waals surface area contributed by atoms with Crippen LogP contribution in [0.2, 0.25) is 0 Å². The van der Waals surface area contributed by atoms with E-state index in [0.717, 1.165) is 104 Å². The van der Waals surface area contributed by atoms with E-state index in [1.165, 1.54) is 21.5 Å². The zero-order valence-electron chi connectivity index (χ0n) is 40.3. The van der Waals surface area contributed by atoms with Gasteiger partial charge in [-0.2, -0.15) is 0 Å². The van der Waals surface area contributed by atoms with E-state index in [1.54, 1.807) is 0 Å². The summed E-state index contributed by atoms with van der Waals surface area (Å²) in [5.74, 6) is 4.02. The highest BCUT2D eigenvalue weighted by Gasteiger charge is 2.19. The highest BCUT2D eigenvalue weighted by Crippen LogP contribution is 2.39. The second kappa shape index (κ2) is 18.2. The summed E-state index contributed by atoms with van der Waals surface area (Å²) in [5, 5.41) is 4.79. The molecule has 0 saturated carbocycles. The first-order valence-electron chi connectivity index (χ1n) is 25.3. The molecular weight excluding hydrogens is 905 g/mol. The second-order valence-corrected chi connectivity index (χ2v) is 18.9. The average Bonchev–Trinajstić information content (AvgIpc) is 4.02. The van der Waals surface area contributed by atoms with Crippen molar-refractivity contribution in [3.63, 3.8) is 0 Å².